The van der Waals surface area contributed by atoms with E-state index in [1.165, 1.54) is 16.7 Å². The molecule has 29 heavy (non-hydrogen) atoms. The number of anilines is 1. The minimum Gasteiger partial charge on any atom is -0.350 e. The summed E-state index contributed by atoms with van der Waals surface area (Å²) in [4.78, 5) is 10.2. The van der Waals surface area contributed by atoms with E-state index in [4.69, 9.17) is 0 Å². The number of sulfonamides is 1. The number of alkyl halides is 3. The van der Waals surface area contributed by atoms with Crippen molar-refractivity contribution in [3.8, 4) is 0 Å². The third-order valence-corrected chi connectivity index (χ3v) is 7.28. The van der Waals surface area contributed by atoms with Crippen molar-refractivity contribution in [1.29, 1.82) is 0 Å². The van der Waals surface area contributed by atoms with Gasteiger partial charge in [-0.1, -0.05) is 6.07 Å². The number of hydrogen-bond acceptors (Lipinski definition) is 5. The van der Waals surface area contributed by atoms with Crippen LogP contribution in [0.4, 0.5) is 19.0 Å². The standard InChI is InChI=1S/C19H21F3N4O2S/c20-19(21,22)14-2-1-3-17(12-14)29(27,28)25-10-7-16(8-11-25)26(15-4-5-15)18-6-9-23-13-24-18/h1-3,6,9,12-13,15-16H,4-5,7-8,10-11H2. The van der Waals surface area contributed by atoms with Crippen LogP contribution < -0.4 is 4.90 Å². The Kier molecular flexibility index (Phi) is 5.24. The van der Waals surface area contributed by atoms with E-state index in [0.29, 0.717) is 24.9 Å². The minimum absolute atomic E-state index is 0.144. The molecular weight excluding hydrogens is 405 g/mol. The molecule has 1 aromatic heterocycles. The van der Waals surface area contributed by atoms with E-state index in [9.17, 15) is 21.6 Å². The Labute approximate surface area is 167 Å². The van der Waals surface area contributed by atoms with Crippen molar-refractivity contribution in [2.24, 2.45) is 0 Å². The first kappa shape index (κ1) is 20.1. The van der Waals surface area contributed by atoms with Gasteiger partial charge in [-0.25, -0.2) is 18.4 Å². The van der Waals surface area contributed by atoms with Crippen molar-refractivity contribution in [2.75, 3.05) is 18.0 Å². The maximum atomic E-state index is 13.0. The fraction of sp³-hybridized carbons (Fsp3) is 0.474. The van der Waals surface area contributed by atoms with Crippen LogP contribution in [0.5, 0.6) is 0 Å². The second-order valence-electron chi connectivity index (χ2n) is 7.37. The molecule has 1 aliphatic heterocycles. The fourth-order valence-corrected chi connectivity index (χ4v) is 5.32. The highest BCUT2D eigenvalue weighted by molar-refractivity contribution is 7.89. The van der Waals surface area contributed by atoms with E-state index < -0.39 is 21.8 Å². The largest absolute Gasteiger partial charge is 0.416 e. The van der Waals surface area contributed by atoms with Gasteiger partial charge in [0.2, 0.25) is 10.0 Å². The molecule has 156 valence electrons. The van der Waals surface area contributed by atoms with Crippen molar-refractivity contribution < 1.29 is 21.6 Å². The second kappa shape index (κ2) is 7.56. The Morgan fingerprint density at radius 2 is 1.72 bits per heavy atom. The van der Waals surface area contributed by atoms with E-state index in [-0.39, 0.29) is 24.0 Å². The van der Waals surface area contributed by atoms with Crippen LogP contribution in [0.25, 0.3) is 0 Å². The zero-order valence-corrected chi connectivity index (χ0v) is 16.4. The number of rotatable bonds is 5. The maximum absolute atomic E-state index is 13.0. The van der Waals surface area contributed by atoms with Gasteiger partial charge in [0, 0.05) is 31.4 Å². The zero-order valence-electron chi connectivity index (χ0n) is 15.6. The zero-order chi connectivity index (χ0) is 20.6. The molecule has 0 N–H and O–H groups in total. The summed E-state index contributed by atoms with van der Waals surface area (Å²) in [6.07, 6.45) is 1.95. The predicted molar refractivity (Wildman–Crippen MR) is 101 cm³/mol. The number of hydrogen-bond donors (Lipinski definition) is 0. The normalized spacial score (nSPS) is 19.3. The number of nitrogens with zero attached hydrogens (tertiary/aromatic N) is 4. The SMILES string of the molecule is O=S(=O)(c1cccc(C(F)(F)F)c1)N1CCC(N(c2ccncn2)C2CC2)CC1. The third kappa shape index (κ3) is 4.23. The lowest BCUT2D eigenvalue weighted by Crippen LogP contribution is -2.48. The molecule has 0 atom stereocenters. The van der Waals surface area contributed by atoms with Crippen molar-refractivity contribution in [3.05, 3.63) is 48.4 Å². The van der Waals surface area contributed by atoms with E-state index in [2.05, 4.69) is 14.9 Å². The van der Waals surface area contributed by atoms with Gasteiger partial charge in [0.1, 0.15) is 12.1 Å². The summed E-state index contributed by atoms with van der Waals surface area (Å²) in [6.45, 7) is 0.523. The highest BCUT2D eigenvalue weighted by Crippen LogP contribution is 2.36. The topological polar surface area (TPSA) is 66.4 Å². The average Bonchev–Trinajstić information content (AvgIpc) is 3.54. The van der Waals surface area contributed by atoms with E-state index in [0.717, 1.165) is 30.8 Å². The van der Waals surface area contributed by atoms with Crippen LogP contribution in [0.3, 0.4) is 0 Å². The molecule has 1 saturated heterocycles. The van der Waals surface area contributed by atoms with Gasteiger partial charge in [0.05, 0.1) is 10.5 Å². The van der Waals surface area contributed by atoms with Crippen molar-refractivity contribution in [2.45, 2.75) is 48.8 Å². The van der Waals surface area contributed by atoms with Crippen LogP contribution in [0, 0.1) is 0 Å². The van der Waals surface area contributed by atoms with Crippen LogP contribution in [0.15, 0.2) is 47.8 Å². The third-order valence-electron chi connectivity index (χ3n) is 5.39. The highest BCUT2D eigenvalue weighted by atomic mass is 32.2. The van der Waals surface area contributed by atoms with Crippen LogP contribution in [0.2, 0.25) is 0 Å². The number of piperidine rings is 1. The molecule has 0 unspecified atom stereocenters. The number of halogens is 3. The quantitative estimate of drug-likeness (QED) is 0.734. The van der Waals surface area contributed by atoms with Gasteiger partial charge in [0.15, 0.2) is 0 Å². The smallest absolute Gasteiger partial charge is 0.350 e. The molecule has 2 fully saturated rings. The molecule has 6 nitrogen and oxygen atoms in total. The van der Waals surface area contributed by atoms with Gasteiger partial charge in [0.25, 0.3) is 0 Å². The first-order valence-corrected chi connectivity index (χ1v) is 10.9. The van der Waals surface area contributed by atoms with Crippen molar-refractivity contribution in [1.82, 2.24) is 14.3 Å². The van der Waals surface area contributed by atoms with Gasteiger partial charge in [-0.2, -0.15) is 17.5 Å². The molecule has 1 saturated carbocycles. The lowest BCUT2D eigenvalue weighted by Gasteiger charge is -2.39. The van der Waals surface area contributed by atoms with E-state index >= 15 is 0 Å². The highest BCUT2D eigenvalue weighted by Gasteiger charge is 2.39. The summed E-state index contributed by atoms with van der Waals surface area (Å²) in [5.41, 5.74) is -0.961. The second-order valence-corrected chi connectivity index (χ2v) is 9.30. The molecule has 0 radical (unpaired) electrons. The fourth-order valence-electron chi connectivity index (χ4n) is 3.80. The molecule has 10 heteroatoms. The molecule has 2 aromatic rings. The molecular formula is C19H21F3N4O2S. The van der Waals surface area contributed by atoms with Gasteiger partial charge in [-0.05, 0) is 49.9 Å². The first-order chi connectivity index (χ1) is 13.8. The molecule has 1 aliphatic carbocycles. The molecule has 2 aliphatic rings. The summed E-state index contributed by atoms with van der Waals surface area (Å²) in [7, 11) is -3.97. The summed E-state index contributed by atoms with van der Waals surface area (Å²) in [5, 5.41) is 0. The van der Waals surface area contributed by atoms with Crippen LogP contribution in [-0.2, 0) is 16.2 Å². The molecule has 0 bridgehead atoms. The van der Waals surface area contributed by atoms with E-state index in [1.807, 2.05) is 6.07 Å². The van der Waals surface area contributed by atoms with E-state index in [1.54, 1.807) is 6.20 Å². The Balaban J connectivity index is 1.49. The number of benzene rings is 1. The predicted octanol–water partition coefficient (Wildman–Crippen LogP) is 3.32. The summed E-state index contributed by atoms with van der Waals surface area (Å²) < 4.78 is 65.9. The van der Waals surface area contributed by atoms with Crippen LogP contribution in [0.1, 0.15) is 31.2 Å². The lowest BCUT2D eigenvalue weighted by atomic mass is 10.0. The minimum atomic E-state index is -4.58. The molecule has 1 aromatic carbocycles. The number of aromatic nitrogens is 2. The molecule has 0 spiro atoms. The molecule has 4 rings (SSSR count). The van der Waals surface area contributed by atoms with Crippen LogP contribution in [-0.4, -0.2) is 47.9 Å². The van der Waals surface area contributed by atoms with Gasteiger partial charge < -0.3 is 4.90 Å². The van der Waals surface area contributed by atoms with Gasteiger partial charge in [-0.3, -0.25) is 0 Å². The van der Waals surface area contributed by atoms with Gasteiger partial charge in [-0.15, -0.1) is 0 Å². The van der Waals surface area contributed by atoms with Crippen molar-refractivity contribution >= 4 is 15.8 Å². The Bertz CT molecular complexity index is 957. The van der Waals surface area contributed by atoms with Crippen molar-refractivity contribution in [3.63, 3.8) is 0 Å². The monoisotopic (exact) mass is 426 g/mol. The summed E-state index contributed by atoms with van der Waals surface area (Å²) >= 11 is 0. The first-order valence-electron chi connectivity index (χ1n) is 9.48. The Morgan fingerprint density at radius 1 is 1.03 bits per heavy atom. The molecule has 2 heterocycles. The average molecular weight is 426 g/mol. The summed E-state index contributed by atoms with van der Waals surface area (Å²) in [5.74, 6) is 0.835. The van der Waals surface area contributed by atoms with Gasteiger partial charge >= 0.3 is 6.18 Å². The summed E-state index contributed by atoms with van der Waals surface area (Å²) in [6, 6.07) is 6.33. The van der Waals surface area contributed by atoms with Crippen LogP contribution >= 0.6 is 0 Å². The molecule has 0 amide bonds. The Hall–Kier alpha value is -2.20. The Morgan fingerprint density at radius 3 is 2.31 bits per heavy atom. The lowest BCUT2D eigenvalue weighted by molar-refractivity contribution is -0.137. The maximum Gasteiger partial charge on any atom is 0.416 e.